The Hall–Kier alpha value is -1.69. The van der Waals surface area contributed by atoms with Gasteiger partial charge in [-0.05, 0) is 37.8 Å². The standard InChI is InChI=1S/C13H15F2NO3/c1-8-4-2-5-9(10(8)17)16-11(18)13(14,15)12(19)6-3-7-12/h2,4-5,17,19H,3,6-7H2,1H3,(H,16,18). The molecule has 1 aliphatic carbocycles. The number of nitrogens with one attached hydrogen (secondary N) is 1. The number of anilines is 1. The van der Waals surface area contributed by atoms with Crippen LogP contribution in [-0.4, -0.2) is 27.6 Å². The Kier molecular flexibility index (Phi) is 3.22. The fourth-order valence-corrected chi connectivity index (χ4v) is 2.00. The van der Waals surface area contributed by atoms with Crippen molar-refractivity contribution in [1.29, 1.82) is 0 Å². The van der Waals surface area contributed by atoms with Crippen molar-refractivity contribution in [1.82, 2.24) is 0 Å². The molecule has 1 fully saturated rings. The number of phenolic OH excluding ortho intramolecular Hbond substituents is 1. The van der Waals surface area contributed by atoms with Crippen LogP contribution in [0.3, 0.4) is 0 Å². The number of halogens is 2. The molecule has 19 heavy (non-hydrogen) atoms. The quantitative estimate of drug-likeness (QED) is 0.738. The third kappa shape index (κ3) is 2.16. The molecule has 1 aromatic carbocycles. The van der Waals surface area contributed by atoms with Crippen LogP contribution in [0.15, 0.2) is 18.2 Å². The van der Waals surface area contributed by atoms with Gasteiger partial charge in [-0.2, -0.15) is 8.78 Å². The molecule has 2 rings (SSSR count). The van der Waals surface area contributed by atoms with Gasteiger partial charge in [0.1, 0.15) is 11.4 Å². The fourth-order valence-electron chi connectivity index (χ4n) is 2.00. The molecule has 1 amide bonds. The lowest BCUT2D eigenvalue weighted by molar-refractivity contribution is -0.212. The van der Waals surface area contributed by atoms with Gasteiger partial charge >= 0.3 is 5.92 Å². The number of benzene rings is 1. The summed E-state index contributed by atoms with van der Waals surface area (Å²) in [5, 5.41) is 21.3. The summed E-state index contributed by atoms with van der Waals surface area (Å²) in [6, 6.07) is 4.44. The predicted molar refractivity (Wildman–Crippen MR) is 65.2 cm³/mol. The van der Waals surface area contributed by atoms with E-state index in [1.165, 1.54) is 12.1 Å². The van der Waals surface area contributed by atoms with Gasteiger partial charge in [0, 0.05) is 0 Å². The van der Waals surface area contributed by atoms with Crippen molar-refractivity contribution in [3.63, 3.8) is 0 Å². The third-order valence-electron chi connectivity index (χ3n) is 3.54. The molecule has 4 nitrogen and oxygen atoms in total. The van der Waals surface area contributed by atoms with Gasteiger partial charge in [-0.1, -0.05) is 12.1 Å². The maximum Gasteiger partial charge on any atom is 0.352 e. The highest BCUT2D eigenvalue weighted by Gasteiger charge is 2.61. The van der Waals surface area contributed by atoms with Crippen molar-refractivity contribution in [2.75, 3.05) is 5.32 Å². The largest absolute Gasteiger partial charge is 0.505 e. The number of aryl methyl sites for hydroxylation is 1. The van der Waals surface area contributed by atoms with Crippen molar-refractivity contribution in [3.8, 4) is 5.75 Å². The zero-order chi connectivity index (χ0) is 14.3. The number of para-hydroxylation sites is 1. The Morgan fingerprint density at radius 1 is 1.42 bits per heavy atom. The first-order valence-corrected chi connectivity index (χ1v) is 5.98. The van der Waals surface area contributed by atoms with Gasteiger partial charge in [0.25, 0.3) is 5.91 Å². The first-order valence-electron chi connectivity index (χ1n) is 5.98. The number of alkyl halides is 2. The number of aliphatic hydroxyl groups is 1. The highest BCUT2D eigenvalue weighted by atomic mass is 19.3. The topological polar surface area (TPSA) is 69.6 Å². The van der Waals surface area contributed by atoms with E-state index in [0.717, 1.165) is 0 Å². The van der Waals surface area contributed by atoms with Crippen LogP contribution in [0.2, 0.25) is 0 Å². The number of hydrogen-bond donors (Lipinski definition) is 3. The summed E-state index contributed by atoms with van der Waals surface area (Å²) in [5.74, 6) is -5.73. The third-order valence-corrected chi connectivity index (χ3v) is 3.54. The van der Waals surface area contributed by atoms with Crippen LogP contribution in [0, 0.1) is 6.92 Å². The summed E-state index contributed by atoms with van der Waals surface area (Å²) in [6.45, 7) is 1.59. The number of rotatable bonds is 3. The summed E-state index contributed by atoms with van der Waals surface area (Å²) in [6.07, 6.45) is 0.259. The van der Waals surface area contributed by atoms with Crippen LogP contribution in [0.1, 0.15) is 24.8 Å². The second-order valence-electron chi connectivity index (χ2n) is 4.88. The summed E-state index contributed by atoms with van der Waals surface area (Å²) in [4.78, 5) is 11.6. The Labute approximate surface area is 109 Å². The Balaban J connectivity index is 2.19. The molecule has 0 aromatic heterocycles. The molecule has 104 valence electrons. The molecular formula is C13H15F2NO3. The van der Waals surface area contributed by atoms with Gasteiger partial charge in [0.2, 0.25) is 0 Å². The average Bonchev–Trinajstić information content (AvgIpc) is 2.31. The van der Waals surface area contributed by atoms with Crippen LogP contribution >= 0.6 is 0 Å². The van der Waals surface area contributed by atoms with Gasteiger partial charge in [0.05, 0.1) is 5.69 Å². The monoisotopic (exact) mass is 271 g/mol. The molecule has 0 unspecified atom stereocenters. The summed E-state index contributed by atoms with van der Waals surface area (Å²) in [5.41, 5.74) is -1.90. The van der Waals surface area contributed by atoms with E-state index in [1.54, 1.807) is 13.0 Å². The van der Waals surface area contributed by atoms with Crippen molar-refractivity contribution >= 4 is 11.6 Å². The van der Waals surface area contributed by atoms with Crippen LogP contribution < -0.4 is 5.32 Å². The molecule has 1 aliphatic rings. The van der Waals surface area contributed by atoms with Crippen molar-refractivity contribution in [2.45, 2.75) is 37.7 Å². The second kappa shape index (κ2) is 4.45. The van der Waals surface area contributed by atoms with Gasteiger partial charge in [-0.25, -0.2) is 0 Å². The Morgan fingerprint density at radius 3 is 2.58 bits per heavy atom. The average molecular weight is 271 g/mol. The normalized spacial score (nSPS) is 17.7. The van der Waals surface area contributed by atoms with Crippen LogP contribution in [-0.2, 0) is 4.79 Å². The van der Waals surface area contributed by atoms with E-state index in [4.69, 9.17) is 0 Å². The molecule has 1 aromatic rings. The van der Waals surface area contributed by atoms with E-state index in [-0.39, 0.29) is 24.3 Å². The first kappa shape index (κ1) is 13.7. The van der Waals surface area contributed by atoms with Crippen molar-refractivity contribution in [3.05, 3.63) is 23.8 Å². The molecule has 0 heterocycles. The minimum atomic E-state index is -3.87. The molecule has 6 heteroatoms. The lowest BCUT2D eigenvalue weighted by atomic mass is 9.75. The zero-order valence-corrected chi connectivity index (χ0v) is 10.4. The number of aromatic hydroxyl groups is 1. The molecule has 0 aliphatic heterocycles. The second-order valence-corrected chi connectivity index (χ2v) is 4.88. The van der Waals surface area contributed by atoms with Crippen LogP contribution in [0.25, 0.3) is 0 Å². The van der Waals surface area contributed by atoms with E-state index < -0.39 is 17.4 Å². The molecule has 0 atom stereocenters. The SMILES string of the molecule is Cc1cccc(NC(=O)C(F)(F)C2(O)CCC2)c1O. The fraction of sp³-hybridized carbons (Fsp3) is 0.462. The van der Waals surface area contributed by atoms with E-state index in [0.29, 0.717) is 12.0 Å². The predicted octanol–water partition coefficient (Wildman–Crippen LogP) is 2.19. The first-order chi connectivity index (χ1) is 8.78. The number of carbonyl (C=O) groups is 1. The maximum absolute atomic E-state index is 13.8. The maximum atomic E-state index is 13.8. The van der Waals surface area contributed by atoms with Crippen molar-refractivity contribution in [2.24, 2.45) is 0 Å². The van der Waals surface area contributed by atoms with E-state index in [9.17, 15) is 23.8 Å². The number of phenols is 1. The van der Waals surface area contributed by atoms with Gasteiger partial charge in [-0.3, -0.25) is 4.79 Å². The summed E-state index contributed by atoms with van der Waals surface area (Å²) in [7, 11) is 0. The van der Waals surface area contributed by atoms with Gasteiger partial charge < -0.3 is 15.5 Å². The molecule has 0 saturated heterocycles. The minimum absolute atomic E-state index is 0.0902. The molecule has 1 saturated carbocycles. The van der Waals surface area contributed by atoms with Gasteiger partial charge in [0.15, 0.2) is 0 Å². The summed E-state index contributed by atoms with van der Waals surface area (Å²) >= 11 is 0. The number of amides is 1. The smallest absolute Gasteiger partial charge is 0.352 e. The van der Waals surface area contributed by atoms with Crippen molar-refractivity contribution < 1.29 is 23.8 Å². The zero-order valence-electron chi connectivity index (χ0n) is 10.4. The van der Waals surface area contributed by atoms with E-state index in [2.05, 4.69) is 0 Å². The number of carbonyl (C=O) groups excluding carboxylic acids is 1. The molecule has 0 bridgehead atoms. The van der Waals surface area contributed by atoms with Crippen LogP contribution in [0.5, 0.6) is 5.75 Å². The highest BCUT2D eigenvalue weighted by molar-refractivity contribution is 5.98. The number of hydrogen-bond acceptors (Lipinski definition) is 3. The molecular weight excluding hydrogens is 256 g/mol. The van der Waals surface area contributed by atoms with E-state index >= 15 is 0 Å². The van der Waals surface area contributed by atoms with E-state index in [1.807, 2.05) is 5.32 Å². The lowest BCUT2D eigenvalue weighted by Crippen LogP contribution is -2.59. The minimum Gasteiger partial charge on any atom is -0.505 e. The van der Waals surface area contributed by atoms with Gasteiger partial charge in [-0.15, -0.1) is 0 Å². The lowest BCUT2D eigenvalue weighted by Gasteiger charge is -2.41. The van der Waals surface area contributed by atoms with Crippen LogP contribution in [0.4, 0.5) is 14.5 Å². The molecule has 0 radical (unpaired) electrons. The molecule has 3 N–H and O–H groups in total. The summed E-state index contributed by atoms with van der Waals surface area (Å²) < 4.78 is 27.6. The molecule has 0 spiro atoms. The Morgan fingerprint density at radius 2 is 2.05 bits per heavy atom. The Bertz CT molecular complexity index is 513. The highest BCUT2D eigenvalue weighted by Crippen LogP contribution is 2.45.